The summed E-state index contributed by atoms with van der Waals surface area (Å²) < 4.78 is 17.1. The molecule has 1 aliphatic carbocycles. The summed E-state index contributed by atoms with van der Waals surface area (Å²) in [5, 5.41) is 3.19. The Morgan fingerprint density at radius 2 is 1.76 bits per heavy atom. The molecular formula is C26H29BrN2O5. The van der Waals surface area contributed by atoms with Gasteiger partial charge in [-0.05, 0) is 73.6 Å². The number of nitrogens with one attached hydrogen (secondary N) is 1. The fourth-order valence-corrected chi connectivity index (χ4v) is 5.63. The number of amides is 1. The van der Waals surface area contributed by atoms with E-state index >= 15 is 0 Å². The van der Waals surface area contributed by atoms with Crippen LogP contribution < -0.4 is 14.8 Å². The summed E-state index contributed by atoms with van der Waals surface area (Å²) in [6.07, 6.45) is 2.84. The lowest BCUT2D eigenvalue weighted by Gasteiger charge is -2.26. The molecule has 7 nitrogen and oxygen atoms in total. The largest absolute Gasteiger partial charge is 0.466 e. The molecule has 0 aromatic heterocycles. The van der Waals surface area contributed by atoms with Crippen molar-refractivity contribution >= 4 is 33.5 Å². The number of fused-ring (bicyclic) bond motifs is 2. The smallest absolute Gasteiger partial charge is 0.308 e. The van der Waals surface area contributed by atoms with E-state index in [1.807, 2.05) is 31.2 Å². The number of hydrogen-bond donors (Lipinski definition) is 1. The van der Waals surface area contributed by atoms with E-state index < -0.39 is 0 Å². The van der Waals surface area contributed by atoms with Gasteiger partial charge in [0.2, 0.25) is 12.7 Å². The maximum Gasteiger partial charge on any atom is 0.308 e. The number of anilines is 1. The number of carbonyl (C=O) groups excluding carboxylic acids is 2. The van der Waals surface area contributed by atoms with Crippen LogP contribution in [0.5, 0.6) is 11.5 Å². The van der Waals surface area contributed by atoms with Crippen LogP contribution in [0.1, 0.15) is 49.3 Å². The van der Waals surface area contributed by atoms with E-state index in [4.69, 9.17) is 14.2 Å². The maximum atomic E-state index is 13.1. The first-order valence-electron chi connectivity index (χ1n) is 11.9. The zero-order chi connectivity index (χ0) is 23.7. The van der Waals surface area contributed by atoms with Crippen LogP contribution in [0.3, 0.4) is 0 Å². The molecule has 180 valence electrons. The lowest BCUT2D eigenvalue weighted by Crippen LogP contribution is -2.30. The number of nitrogens with zero attached hydrogens (tertiary/aromatic N) is 1. The van der Waals surface area contributed by atoms with Crippen LogP contribution in [0.4, 0.5) is 5.69 Å². The van der Waals surface area contributed by atoms with Crippen LogP contribution in [0, 0.1) is 11.8 Å². The Labute approximate surface area is 207 Å². The molecular weight excluding hydrogens is 500 g/mol. The number of hydrogen-bond acceptors (Lipinski definition) is 6. The molecule has 0 radical (unpaired) electrons. The van der Waals surface area contributed by atoms with E-state index in [2.05, 4.69) is 32.2 Å². The molecule has 8 heteroatoms. The lowest BCUT2D eigenvalue weighted by atomic mass is 9.81. The molecule has 0 saturated heterocycles. The third kappa shape index (κ3) is 4.79. The Hall–Kier alpha value is -2.58. The topological polar surface area (TPSA) is 77.1 Å². The molecule has 2 aromatic rings. The van der Waals surface area contributed by atoms with E-state index in [9.17, 15) is 9.59 Å². The van der Waals surface area contributed by atoms with Gasteiger partial charge in [0, 0.05) is 35.7 Å². The molecule has 0 bridgehead atoms. The molecule has 2 heterocycles. The van der Waals surface area contributed by atoms with Gasteiger partial charge in [-0.1, -0.05) is 22.0 Å². The Balaban J connectivity index is 1.22. The van der Waals surface area contributed by atoms with Gasteiger partial charge in [-0.25, -0.2) is 0 Å². The minimum atomic E-state index is -0.130. The number of halogens is 1. The molecule has 1 fully saturated rings. The second-order valence-corrected chi connectivity index (χ2v) is 10.0. The fraction of sp³-hybridized carbons (Fsp3) is 0.462. The van der Waals surface area contributed by atoms with E-state index in [-0.39, 0.29) is 30.5 Å². The van der Waals surface area contributed by atoms with Crippen LogP contribution in [-0.2, 0) is 34.0 Å². The predicted molar refractivity (Wildman–Crippen MR) is 130 cm³/mol. The van der Waals surface area contributed by atoms with Gasteiger partial charge in [0.15, 0.2) is 11.5 Å². The highest BCUT2D eigenvalue weighted by Crippen LogP contribution is 2.38. The van der Waals surface area contributed by atoms with Crippen molar-refractivity contribution in [2.75, 3.05) is 18.7 Å². The second-order valence-electron chi connectivity index (χ2n) is 9.17. The average Bonchev–Trinajstić information content (AvgIpc) is 3.48. The van der Waals surface area contributed by atoms with Crippen LogP contribution >= 0.6 is 15.9 Å². The first kappa shape index (κ1) is 23.2. The molecule has 2 aliphatic heterocycles. The Bertz CT molecular complexity index is 1100. The highest BCUT2D eigenvalue weighted by Gasteiger charge is 2.32. The number of rotatable bonds is 6. The molecule has 0 atom stereocenters. The summed E-state index contributed by atoms with van der Waals surface area (Å²) in [6, 6.07) is 10.1. The minimum Gasteiger partial charge on any atom is -0.466 e. The SMILES string of the molecule is CCOC(=O)[C@H]1CC[C@H](C(=O)Nc2ccc(Br)c3c2CN(Cc2ccc4c(c2)OCO4)C3)CC1. The lowest BCUT2D eigenvalue weighted by molar-refractivity contribution is -0.150. The molecule has 1 saturated carbocycles. The number of carbonyl (C=O) groups is 2. The first-order valence-corrected chi connectivity index (χ1v) is 12.7. The molecule has 34 heavy (non-hydrogen) atoms. The van der Waals surface area contributed by atoms with Crippen molar-refractivity contribution in [3.05, 3.63) is 51.5 Å². The predicted octanol–water partition coefficient (Wildman–Crippen LogP) is 5.00. The first-order chi connectivity index (χ1) is 16.5. The molecule has 3 aliphatic rings. The molecule has 0 spiro atoms. The Morgan fingerprint density at radius 3 is 2.56 bits per heavy atom. The Morgan fingerprint density at radius 1 is 1.03 bits per heavy atom. The van der Waals surface area contributed by atoms with E-state index in [1.165, 1.54) is 5.56 Å². The number of esters is 1. The molecule has 2 aromatic carbocycles. The van der Waals surface area contributed by atoms with Gasteiger partial charge in [-0.15, -0.1) is 0 Å². The van der Waals surface area contributed by atoms with Crippen molar-refractivity contribution in [3.63, 3.8) is 0 Å². The standard InChI is InChI=1S/C26H29BrN2O5/c1-2-32-26(31)18-6-4-17(5-7-18)25(30)28-22-9-8-21(27)19-13-29(14-20(19)22)12-16-3-10-23-24(11-16)34-15-33-23/h3,8-11,17-18H,2,4-7,12-15H2,1H3,(H,28,30)/t17-,18-. The highest BCUT2D eigenvalue weighted by molar-refractivity contribution is 9.10. The van der Waals surface area contributed by atoms with Gasteiger partial charge in [0.05, 0.1) is 12.5 Å². The fourth-order valence-electron chi connectivity index (χ4n) is 5.13. The van der Waals surface area contributed by atoms with Crippen LogP contribution in [-0.4, -0.2) is 30.2 Å². The van der Waals surface area contributed by atoms with Crippen molar-refractivity contribution in [1.29, 1.82) is 0 Å². The zero-order valence-corrected chi connectivity index (χ0v) is 20.9. The van der Waals surface area contributed by atoms with Crippen molar-refractivity contribution < 1.29 is 23.8 Å². The summed E-state index contributed by atoms with van der Waals surface area (Å²) in [6.45, 7) is 4.84. The normalized spacial score (nSPS) is 21.2. The van der Waals surface area contributed by atoms with Gasteiger partial charge < -0.3 is 19.5 Å². The number of benzene rings is 2. The quantitative estimate of drug-likeness (QED) is 0.531. The van der Waals surface area contributed by atoms with E-state index in [0.717, 1.165) is 52.4 Å². The summed E-state index contributed by atoms with van der Waals surface area (Å²) in [5.41, 5.74) is 4.41. The van der Waals surface area contributed by atoms with Gasteiger partial charge >= 0.3 is 5.97 Å². The average molecular weight is 529 g/mol. The van der Waals surface area contributed by atoms with Crippen LogP contribution in [0.2, 0.25) is 0 Å². The van der Waals surface area contributed by atoms with Gasteiger partial charge in [-0.2, -0.15) is 0 Å². The maximum absolute atomic E-state index is 13.1. The third-order valence-corrected chi connectivity index (χ3v) is 7.70. The van der Waals surface area contributed by atoms with Crippen molar-refractivity contribution in [2.24, 2.45) is 11.8 Å². The van der Waals surface area contributed by atoms with E-state index in [0.29, 0.717) is 32.3 Å². The van der Waals surface area contributed by atoms with Crippen molar-refractivity contribution in [2.45, 2.75) is 52.2 Å². The van der Waals surface area contributed by atoms with Crippen molar-refractivity contribution in [1.82, 2.24) is 4.90 Å². The van der Waals surface area contributed by atoms with Crippen molar-refractivity contribution in [3.8, 4) is 11.5 Å². The molecule has 0 unspecified atom stereocenters. The highest BCUT2D eigenvalue weighted by atomic mass is 79.9. The zero-order valence-electron chi connectivity index (χ0n) is 19.3. The monoisotopic (exact) mass is 528 g/mol. The Kier molecular flexibility index (Phi) is 6.79. The molecule has 5 rings (SSSR count). The van der Waals surface area contributed by atoms with Gasteiger partial charge in [-0.3, -0.25) is 14.5 Å². The third-order valence-electron chi connectivity index (χ3n) is 6.96. The van der Waals surface area contributed by atoms with Gasteiger partial charge in [0.25, 0.3) is 0 Å². The van der Waals surface area contributed by atoms with E-state index in [1.54, 1.807) is 0 Å². The minimum absolute atomic E-state index is 0.0426. The summed E-state index contributed by atoms with van der Waals surface area (Å²) in [4.78, 5) is 27.4. The second kappa shape index (κ2) is 9.96. The van der Waals surface area contributed by atoms with Gasteiger partial charge in [0.1, 0.15) is 0 Å². The summed E-state index contributed by atoms with van der Waals surface area (Å²) in [7, 11) is 0. The number of ether oxygens (including phenoxy) is 3. The summed E-state index contributed by atoms with van der Waals surface area (Å²) in [5.74, 6) is 1.34. The van der Waals surface area contributed by atoms with Crippen LogP contribution in [0.25, 0.3) is 0 Å². The van der Waals surface area contributed by atoms with Crippen LogP contribution in [0.15, 0.2) is 34.8 Å². The molecule has 1 amide bonds. The summed E-state index contributed by atoms with van der Waals surface area (Å²) >= 11 is 3.69. The molecule has 1 N–H and O–H groups in total.